The maximum Gasteiger partial charge on any atom is 0.237 e. The first-order valence-electron chi connectivity index (χ1n) is 7.77. The molecule has 3 rings (SSSR count). The molecular weight excluding hydrogens is 324 g/mol. The van der Waals surface area contributed by atoms with E-state index in [9.17, 15) is 13.7 Å². The number of nitrogens with one attached hydrogen (secondary N) is 1. The Bertz CT molecular complexity index is 846. The predicted octanol–water partition coefficient (Wildman–Crippen LogP) is 2.36. The maximum atomic E-state index is 12.7. The maximum absolute atomic E-state index is 12.7. The summed E-state index contributed by atoms with van der Waals surface area (Å²) in [7, 11) is -3.50. The highest BCUT2D eigenvalue weighted by molar-refractivity contribution is 7.93. The van der Waals surface area contributed by atoms with Gasteiger partial charge in [-0.1, -0.05) is 18.2 Å². The molecule has 2 aromatic rings. The van der Waals surface area contributed by atoms with Gasteiger partial charge >= 0.3 is 0 Å². The number of para-hydroxylation sites is 1. The Morgan fingerprint density at radius 3 is 2.75 bits per heavy atom. The summed E-state index contributed by atoms with van der Waals surface area (Å²) < 4.78 is 28.0. The summed E-state index contributed by atoms with van der Waals surface area (Å²) in [6, 6.07) is 14.4. The molecule has 1 aliphatic rings. The van der Waals surface area contributed by atoms with Gasteiger partial charge in [0, 0.05) is 25.0 Å². The Morgan fingerprint density at radius 1 is 1.21 bits per heavy atom. The quantitative estimate of drug-likeness (QED) is 0.922. The Hall–Kier alpha value is -2.59. The molecule has 0 bridgehead atoms. The lowest BCUT2D eigenvalue weighted by Gasteiger charge is -2.33. The molecule has 1 atom stereocenters. The van der Waals surface area contributed by atoms with Crippen LogP contribution in [0.5, 0.6) is 0 Å². The van der Waals surface area contributed by atoms with Crippen molar-refractivity contribution in [2.24, 2.45) is 0 Å². The highest BCUT2D eigenvalue weighted by Crippen LogP contribution is 2.25. The van der Waals surface area contributed by atoms with Crippen molar-refractivity contribution in [2.45, 2.75) is 18.1 Å². The molecule has 124 valence electrons. The van der Waals surface area contributed by atoms with Gasteiger partial charge in [0.05, 0.1) is 10.8 Å². The van der Waals surface area contributed by atoms with Crippen LogP contribution in [0.25, 0.3) is 0 Å². The molecule has 0 saturated carbocycles. The van der Waals surface area contributed by atoms with Crippen molar-refractivity contribution in [1.82, 2.24) is 4.98 Å². The molecule has 1 N–H and O–H groups in total. The molecule has 1 saturated heterocycles. The van der Waals surface area contributed by atoms with Gasteiger partial charge in [-0.2, -0.15) is 5.26 Å². The van der Waals surface area contributed by atoms with Gasteiger partial charge < -0.3 is 4.90 Å². The van der Waals surface area contributed by atoms with Crippen molar-refractivity contribution in [3.8, 4) is 6.07 Å². The average Bonchev–Trinajstić information content (AvgIpc) is 2.62. The van der Waals surface area contributed by atoms with Crippen LogP contribution in [-0.2, 0) is 10.0 Å². The van der Waals surface area contributed by atoms with Gasteiger partial charge in [0.2, 0.25) is 10.0 Å². The van der Waals surface area contributed by atoms with E-state index in [1.807, 2.05) is 11.0 Å². The molecule has 0 radical (unpaired) electrons. The molecule has 0 aliphatic carbocycles. The van der Waals surface area contributed by atoms with E-state index in [4.69, 9.17) is 0 Å². The summed E-state index contributed by atoms with van der Waals surface area (Å²) in [5, 5.41) is 8.68. The topological polar surface area (TPSA) is 86.1 Å². The van der Waals surface area contributed by atoms with Crippen molar-refractivity contribution >= 4 is 21.5 Å². The molecule has 1 aromatic carbocycles. The van der Waals surface area contributed by atoms with Crippen LogP contribution in [0, 0.1) is 11.3 Å². The minimum absolute atomic E-state index is 0.327. The molecular formula is C17H18N4O2S. The largest absolute Gasteiger partial charge is 0.354 e. The summed E-state index contributed by atoms with van der Waals surface area (Å²) in [5.41, 5.74) is 1.02. The third kappa shape index (κ3) is 3.49. The van der Waals surface area contributed by atoms with Gasteiger partial charge in [0.1, 0.15) is 11.9 Å². The number of hydrogen-bond donors (Lipinski definition) is 1. The summed E-state index contributed by atoms with van der Waals surface area (Å²) in [6.07, 6.45) is 2.95. The summed E-state index contributed by atoms with van der Waals surface area (Å²) in [6.45, 7) is 1.02. The summed E-state index contributed by atoms with van der Waals surface area (Å²) in [4.78, 5) is 6.15. The lowest BCUT2D eigenvalue weighted by molar-refractivity contribution is 0.533. The van der Waals surface area contributed by atoms with Crippen LogP contribution in [0.15, 0.2) is 48.7 Å². The van der Waals surface area contributed by atoms with E-state index in [-0.39, 0.29) is 0 Å². The van der Waals surface area contributed by atoms with Gasteiger partial charge in [0.25, 0.3) is 0 Å². The second-order valence-electron chi connectivity index (χ2n) is 5.71. The molecule has 24 heavy (non-hydrogen) atoms. The van der Waals surface area contributed by atoms with E-state index in [1.165, 1.54) is 0 Å². The van der Waals surface area contributed by atoms with E-state index >= 15 is 0 Å². The second-order valence-corrected chi connectivity index (χ2v) is 7.67. The number of rotatable bonds is 4. The number of sulfonamides is 1. The zero-order chi connectivity index (χ0) is 17.0. The van der Waals surface area contributed by atoms with Crippen molar-refractivity contribution in [3.63, 3.8) is 0 Å². The molecule has 7 heteroatoms. The van der Waals surface area contributed by atoms with Crippen molar-refractivity contribution in [3.05, 3.63) is 54.2 Å². The minimum Gasteiger partial charge on any atom is -0.354 e. The fraction of sp³-hybridized carbons (Fsp3) is 0.294. The SMILES string of the molecule is N#Cc1cccnc1N1CCC[C@@H](S(=O)(=O)Nc2ccccc2)C1. The third-order valence-corrected chi connectivity index (χ3v) is 5.84. The number of aromatic nitrogens is 1. The van der Waals surface area contributed by atoms with Crippen molar-refractivity contribution in [1.29, 1.82) is 5.26 Å². The molecule has 0 spiro atoms. The van der Waals surface area contributed by atoms with Crippen molar-refractivity contribution in [2.75, 3.05) is 22.7 Å². The summed E-state index contributed by atoms with van der Waals surface area (Å²) >= 11 is 0. The van der Waals surface area contributed by atoms with Crippen LogP contribution < -0.4 is 9.62 Å². The minimum atomic E-state index is -3.50. The normalized spacial score (nSPS) is 18.0. The Labute approximate surface area is 141 Å². The number of benzene rings is 1. The van der Waals surface area contributed by atoms with Crippen LogP contribution in [0.2, 0.25) is 0 Å². The lowest BCUT2D eigenvalue weighted by atomic mass is 10.1. The highest BCUT2D eigenvalue weighted by atomic mass is 32.2. The zero-order valence-corrected chi connectivity index (χ0v) is 13.9. The Morgan fingerprint density at radius 2 is 2.00 bits per heavy atom. The smallest absolute Gasteiger partial charge is 0.237 e. The number of anilines is 2. The van der Waals surface area contributed by atoms with Gasteiger partial charge in [0.15, 0.2) is 0 Å². The average molecular weight is 342 g/mol. The van der Waals surface area contributed by atoms with Gasteiger partial charge in [-0.3, -0.25) is 4.72 Å². The molecule has 0 amide bonds. The molecule has 1 aliphatic heterocycles. The van der Waals surface area contributed by atoms with Crippen LogP contribution >= 0.6 is 0 Å². The van der Waals surface area contributed by atoms with E-state index in [2.05, 4.69) is 15.8 Å². The molecule has 6 nitrogen and oxygen atoms in total. The van der Waals surface area contributed by atoms with Gasteiger partial charge in [-0.15, -0.1) is 0 Å². The number of nitriles is 1. The van der Waals surface area contributed by atoms with Gasteiger partial charge in [-0.05, 0) is 37.1 Å². The Balaban J connectivity index is 1.79. The number of piperidine rings is 1. The third-order valence-electron chi connectivity index (χ3n) is 4.06. The van der Waals surface area contributed by atoms with E-state index in [1.54, 1.807) is 42.6 Å². The predicted molar refractivity (Wildman–Crippen MR) is 93.2 cm³/mol. The van der Waals surface area contributed by atoms with Crippen molar-refractivity contribution < 1.29 is 8.42 Å². The zero-order valence-electron chi connectivity index (χ0n) is 13.1. The van der Waals surface area contributed by atoms with Gasteiger partial charge in [-0.25, -0.2) is 13.4 Å². The van der Waals surface area contributed by atoms with Crippen LogP contribution in [-0.4, -0.2) is 31.7 Å². The first kappa shape index (κ1) is 16.3. The van der Waals surface area contributed by atoms with E-state index in [0.717, 1.165) is 6.42 Å². The standard InChI is InChI=1S/C17H18N4O2S/c18-12-14-6-4-10-19-17(14)21-11-5-9-16(13-21)24(22,23)20-15-7-2-1-3-8-15/h1-4,6-8,10,16,20H,5,9,11,13H2/t16-/m1/s1. The fourth-order valence-corrected chi connectivity index (χ4v) is 4.36. The molecule has 1 fully saturated rings. The van der Waals surface area contributed by atoms with E-state index < -0.39 is 15.3 Å². The first-order chi connectivity index (χ1) is 11.6. The first-order valence-corrected chi connectivity index (χ1v) is 9.31. The van der Waals surface area contributed by atoms with Crippen LogP contribution in [0.1, 0.15) is 18.4 Å². The molecule has 2 heterocycles. The van der Waals surface area contributed by atoms with Crippen LogP contribution in [0.4, 0.5) is 11.5 Å². The summed E-state index contributed by atoms with van der Waals surface area (Å²) in [5.74, 6) is 0.555. The molecule has 1 aromatic heterocycles. The second kappa shape index (κ2) is 6.89. The molecule has 0 unspecified atom stereocenters. The fourth-order valence-electron chi connectivity index (χ4n) is 2.87. The lowest BCUT2D eigenvalue weighted by Crippen LogP contribution is -2.44. The number of pyridine rings is 1. The van der Waals surface area contributed by atoms with Crippen LogP contribution in [0.3, 0.4) is 0 Å². The highest BCUT2D eigenvalue weighted by Gasteiger charge is 2.32. The number of nitrogens with zero attached hydrogens (tertiary/aromatic N) is 3. The Kier molecular flexibility index (Phi) is 4.67. The van der Waals surface area contributed by atoms with E-state index in [0.29, 0.717) is 36.6 Å². The monoisotopic (exact) mass is 342 g/mol. The number of hydrogen-bond acceptors (Lipinski definition) is 5.